The number of carbonyl (C=O) groups is 1. The fourth-order valence-corrected chi connectivity index (χ4v) is 4.64. The number of carbonyl (C=O) groups excluding carboxylic acids is 1. The van der Waals surface area contributed by atoms with Crippen LogP contribution in [0.1, 0.15) is 15.9 Å². The van der Waals surface area contributed by atoms with E-state index in [1.807, 2.05) is 0 Å². The summed E-state index contributed by atoms with van der Waals surface area (Å²) < 4.78 is 33.5. The highest BCUT2D eigenvalue weighted by Gasteiger charge is 2.27. The number of nitrogens with zero attached hydrogens (tertiary/aromatic N) is 4. The molecule has 2 aromatic carbocycles. The first kappa shape index (κ1) is 22.2. The molecule has 1 aliphatic heterocycles. The van der Waals surface area contributed by atoms with E-state index in [1.165, 1.54) is 36.1 Å². The molecule has 1 saturated heterocycles. The zero-order valence-corrected chi connectivity index (χ0v) is 18.0. The molecule has 0 bridgehead atoms. The number of fused-ring (bicyclic) bond motifs is 1. The van der Waals surface area contributed by atoms with Gasteiger partial charge in [-0.2, -0.15) is 0 Å². The average Bonchev–Trinajstić information content (AvgIpc) is 3.18. The van der Waals surface area contributed by atoms with Crippen LogP contribution in [-0.2, 0) is 4.74 Å². The molecular weight excluding hydrogens is 442 g/mol. The Morgan fingerprint density at radius 3 is 2.78 bits per heavy atom. The maximum atomic E-state index is 14.2. The van der Waals surface area contributed by atoms with Crippen molar-refractivity contribution in [1.82, 2.24) is 9.88 Å². The van der Waals surface area contributed by atoms with Crippen molar-refractivity contribution in [2.45, 2.75) is 6.92 Å². The van der Waals surface area contributed by atoms with Crippen molar-refractivity contribution in [3.05, 3.63) is 63.2 Å². The lowest BCUT2D eigenvalue weighted by Gasteiger charge is -2.29. The van der Waals surface area contributed by atoms with E-state index < -0.39 is 22.5 Å². The summed E-state index contributed by atoms with van der Waals surface area (Å²) in [6.45, 7) is 4.84. The highest BCUT2D eigenvalue weighted by Crippen LogP contribution is 2.33. The van der Waals surface area contributed by atoms with Gasteiger partial charge >= 0.3 is 0 Å². The van der Waals surface area contributed by atoms with Crippen LogP contribution in [0.2, 0.25) is 0 Å². The fourth-order valence-electron chi connectivity index (χ4n) is 3.61. The molecule has 32 heavy (non-hydrogen) atoms. The highest BCUT2D eigenvalue weighted by molar-refractivity contribution is 7.22. The summed E-state index contributed by atoms with van der Waals surface area (Å²) in [5.41, 5.74) is 0.206. The molecule has 1 aromatic heterocycles. The number of ether oxygens (including phenoxy) is 1. The van der Waals surface area contributed by atoms with Crippen molar-refractivity contribution in [2.24, 2.45) is 0 Å². The quantitative estimate of drug-likeness (QED) is 0.409. The van der Waals surface area contributed by atoms with Gasteiger partial charge in [0.25, 0.3) is 11.6 Å². The second kappa shape index (κ2) is 9.23. The van der Waals surface area contributed by atoms with E-state index >= 15 is 0 Å². The molecule has 0 unspecified atom stereocenters. The number of nitro groups is 1. The smallest absolute Gasteiger partial charge is 0.273 e. The molecule has 11 heteroatoms. The van der Waals surface area contributed by atoms with Crippen LogP contribution in [-0.4, -0.2) is 60.1 Å². The molecule has 2 heterocycles. The summed E-state index contributed by atoms with van der Waals surface area (Å²) in [6.07, 6.45) is 0. The van der Waals surface area contributed by atoms with E-state index in [4.69, 9.17) is 4.74 Å². The van der Waals surface area contributed by atoms with Gasteiger partial charge in [0.1, 0.15) is 11.3 Å². The molecule has 0 spiro atoms. The van der Waals surface area contributed by atoms with E-state index in [0.29, 0.717) is 32.8 Å². The number of anilines is 1. The summed E-state index contributed by atoms with van der Waals surface area (Å²) in [4.78, 5) is 32.0. The minimum absolute atomic E-state index is 0.0219. The molecule has 0 radical (unpaired) electrons. The summed E-state index contributed by atoms with van der Waals surface area (Å²) in [5, 5.41) is 11.5. The molecule has 8 nitrogen and oxygen atoms in total. The number of hydrogen-bond acceptors (Lipinski definition) is 7. The van der Waals surface area contributed by atoms with Gasteiger partial charge in [0.05, 0.1) is 22.8 Å². The number of thiazole rings is 1. The Hall–Kier alpha value is -3.02. The van der Waals surface area contributed by atoms with Gasteiger partial charge in [-0.25, -0.2) is 13.8 Å². The lowest BCUT2D eigenvalue weighted by Crippen LogP contribution is -2.43. The van der Waals surface area contributed by atoms with Gasteiger partial charge in [-0.3, -0.25) is 24.7 Å². The van der Waals surface area contributed by atoms with Gasteiger partial charge in [-0.05, 0) is 19.1 Å². The van der Waals surface area contributed by atoms with Crippen LogP contribution in [0.15, 0.2) is 30.3 Å². The lowest BCUT2D eigenvalue weighted by molar-refractivity contribution is -0.385. The summed E-state index contributed by atoms with van der Waals surface area (Å²) in [5.74, 6) is -2.03. The number of rotatable bonds is 6. The number of halogens is 2. The third-order valence-corrected chi connectivity index (χ3v) is 6.38. The molecule has 1 fully saturated rings. The number of aromatic nitrogens is 1. The van der Waals surface area contributed by atoms with Crippen molar-refractivity contribution in [2.75, 3.05) is 44.3 Å². The topological polar surface area (TPSA) is 88.8 Å². The first-order valence-corrected chi connectivity index (χ1v) is 10.8. The largest absolute Gasteiger partial charge is 0.379 e. The van der Waals surface area contributed by atoms with Crippen molar-refractivity contribution in [3.8, 4) is 0 Å². The number of hydrogen-bond donors (Lipinski definition) is 0. The predicted octanol–water partition coefficient (Wildman–Crippen LogP) is 3.77. The second-order valence-electron chi connectivity index (χ2n) is 7.35. The molecule has 0 aliphatic carbocycles. The summed E-state index contributed by atoms with van der Waals surface area (Å²) >= 11 is 0.997. The average molecular weight is 462 g/mol. The fraction of sp³-hybridized carbons (Fsp3) is 0.333. The SMILES string of the molecule is Cc1c(C(=O)N(CCN2CCOCC2)c2nc3c(F)cc(F)cc3s2)cccc1[N+](=O)[O-]. The van der Waals surface area contributed by atoms with Crippen molar-refractivity contribution in [1.29, 1.82) is 0 Å². The Kier molecular flexibility index (Phi) is 6.40. The molecule has 0 N–H and O–H groups in total. The van der Waals surface area contributed by atoms with Gasteiger partial charge in [0, 0.05) is 49.4 Å². The molecule has 168 valence electrons. The normalized spacial score (nSPS) is 14.6. The first-order valence-electron chi connectivity index (χ1n) is 9.96. The molecule has 1 amide bonds. The van der Waals surface area contributed by atoms with Crippen LogP contribution in [0.25, 0.3) is 10.2 Å². The Labute approximate surface area is 186 Å². The van der Waals surface area contributed by atoms with E-state index in [-0.39, 0.29) is 38.7 Å². The predicted molar refractivity (Wildman–Crippen MR) is 116 cm³/mol. The third-order valence-electron chi connectivity index (χ3n) is 5.35. The van der Waals surface area contributed by atoms with Crippen LogP contribution in [0, 0.1) is 28.7 Å². The zero-order valence-electron chi connectivity index (χ0n) is 17.2. The van der Waals surface area contributed by atoms with Crippen LogP contribution < -0.4 is 4.90 Å². The number of amides is 1. The molecule has 1 aliphatic rings. The van der Waals surface area contributed by atoms with Crippen molar-refractivity contribution in [3.63, 3.8) is 0 Å². The van der Waals surface area contributed by atoms with Crippen LogP contribution in [0.4, 0.5) is 19.6 Å². The number of nitro benzene ring substituents is 1. The summed E-state index contributed by atoms with van der Waals surface area (Å²) in [7, 11) is 0. The monoisotopic (exact) mass is 462 g/mol. The standard InChI is InChI=1S/C21H20F2N4O4S/c1-13-15(3-2-4-17(13)27(29)30)20(28)26(6-5-25-7-9-31-10-8-25)21-24-19-16(23)11-14(22)12-18(19)32-21/h2-4,11-12H,5-10H2,1H3. The van der Waals surface area contributed by atoms with Gasteiger partial charge in [0.2, 0.25) is 0 Å². The molecule has 3 aromatic rings. The van der Waals surface area contributed by atoms with E-state index in [2.05, 4.69) is 9.88 Å². The van der Waals surface area contributed by atoms with Crippen LogP contribution in [0.5, 0.6) is 0 Å². The maximum absolute atomic E-state index is 14.2. The third kappa shape index (κ3) is 4.45. The maximum Gasteiger partial charge on any atom is 0.273 e. The number of benzene rings is 2. The molecular formula is C21H20F2N4O4S. The lowest BCUT2D eigenvalue weighted by atomic mass is 10.1. The Morgan fingerprint density at radius 2 is 2.06 bits per heavy atom. The van der Waals surface area contributed by atoms with E-state index in [0.717, 1.165) is 17.4 Å². The molecule has 0 saturated carbocycles. The minimum Gasteiger partial charge on any atom is -0.379 e. The minimum atomic E-state index is -0.811. The number of morpholine rings is 1. The van der Waals surface area contributed by atoms with Gasteiger partial charge < -0.3 is 4.74 Å². The van der Waals surface area contributed by atoms with Crippen LogP contribution >= 0.6 is 11.3 Å². The van der Waals surface area contributed by atoms with Crippen LogP contribution in [0.3, 0.4) is 0 Å². The van der Waals surface area contributed by atoms with Crippen molar-refractivity contribution < 1.29 is 23.2 Å². The Morgan fingerprint density at radius 1 is 1.31 bits per heavy atom. The van der Waals surface area contributed by atoms with Gasteiger partial charge in [0.15, 0.2) is 10.9 Å². The first-order chi connectivity index (χ1) is 15.3. The van der Waals surface area contributed by atoms with Gasteiger partial charge in [-0.1, -0.05) is 17.4 Å². The molecule has 4 rings (SSSR count). The zero-order chi connectivity index (χ0) is 22.8. The second-order valence-corrected chi connectivity index (χ2v) is 8.36. The highest BCUT2D eigenvalue weighted by atomic mass is 32.1. The molecule has 0 atom stereocenters. The Balaban J connectivity index is 1.72. The summed E-state index contributed by atoms with van der Waals surface area (Å²) in [6, 6.07) is 6.21. The Bertz CT molecular complexity index is 1180. The van der Waals surface area contributed by atoms with E-state index in [1.54, 1.807) is 0 Å². The van der Waals surface area contributed by atoms with Gasteiger partial charge in [-0.15, -0.1) is 0 Å². The van der Waals surface area contributed by atoms with E-state index in [9.17, 15) is 23.7 Å². The van der Waals surface area contributed by atoms with Crippen molar-refractivity contribution >= 4 is 38.3 Å².